The maximum absolute atomic E-state index is 4.27. The van der Waals surface area contributed by atoms with E-state index in [1.165, 1.54) is 18.4 Å². The quantitative estimate of drug-likeness (QED) is 0.935. The molecule has 0 bridgehead atoms. The van der Waals surface area contributed by atoms with Gasteiger partial charge in [-0.2, -0.15) is 0 Å². The van der Waals surface area contributed by atoms with E-state index in [4.69, 9.17) is 0 Å². The summed E-state index contributed by atoms with van der Waals surface area (Å²) in [5.41, 5.74) is 2.37. The molecule has 0 unspecified atom stereocenters. The molecule has 18 heavy (non-hydrogen) atoms. The van der Waals surface area contributed by atoms with E-state index in [2.05, 4.69) is 56.6 Å². The second kappa shape index (κ2) is 5.07. The highest BCUT2D eigenvalue weighted by atomic mass is 79.9. The standard InChI is InChI=1S/C13H14BrN3S/c1-8-6-9(2-5-11(8)14)13-17-16-12(18-13)7-15-10-3-4-10/h2,5-6,10,15H,3-4,7H2,1H3. The van der Waals surface area contributed by atoms with E-state index in [0.29, 0.717) is 6.04 Å². The van der Waals surface area contributed by atoms with Crippen molar-refractivity contribution >= 4 is 27.3 Å². The summed E-state index contributed by atoms with van der Waals surface area (Å²) in [6.45, 7) is 2.93. The van der Waals surface area contributed by atoms with Gasteiger partial charge in [-0.1, -0.05) is 33.3 Å². The zero-order valence-electron chi connectivity index (χ0n) is 10.1. The molecule has 0 amide bonds. The molecule has 0 spiro atoms. The van der Waals surface area contributed by atoms with E-state index in [-0.39, 0.29) is 0 Å². The van der Waals surface area contributed by atoms with Crippen molar-refractivity contribution in [2.75, 3.05) is 0 Å². The lowest BCUT2D eigenvalue weighted by Gasteiger charge is -2.00. The van der Waals surface area contributed by atoms with Crippen LogP contribution in [0.2, 0.25) is 0 Å². The SMILES string of the molecule is Cc1cc(-c2nnc(CNC3CC3)s2)ccc1Br. The van der Waals surface area contributed by atoms with Gasteiger partial charge in [0.2, 0.25) is 0 Å². The Bertz CT molecular complexity index is 563. The summed E-state index contributed by atoms with van der Waals surface area (Å²) in [7, 11) is 0. The molecule has 1 N–H and O–H groups in total. The number of hydrogen-bond acceptors (Lipinski definition) is 4. The molecule has 1 fully saturated rings. The van der Waals surface area contributed by atoms with Gasteiger partial charge in [-0.15, -0.1) is 10.2 Å². The Kier molecular flexibility index (Phi) is 3.46. The van der Waals surface area contributed by atoms with Gasteiger partial charge in [0.15, 0.2) is 0 Å². The molecule has 3 rings (SSSR count). The third-order valence-corrected chi connectivity index (χ3v) is 4.85. The van der Waals surface area contributed by atoms with Crippen molar-refractivity contribution in [3.63, 3.8) is 0 Å². The number of nitrogens with zero attached hydrogens (tertiary/aromatic N) is 2. The average Bonchev–Trinajstić information content (AvgIpc) is 3.08. The zero-order valence-corrected chi connectivity index (χ0v) is 12.5. The fourth-order valence-electron chi connectivity index (χ4n) is 1.74. The van der Waals surface area contributed by atoms with E-state index >= 15 is 0 Å². The number of rotatable bonds is 4. The third kappa shape index (κ3) is 2.79. The van der Waals surface area contributed by atoms with Gasteiger partial charge in [0.25, 0.3) is 0 Å². The lowest BCUT2D eigenvalue weighted by molar-refractivity contribution is 0.679. The van der Waals surface area contributed by atoms with Crippen LogP contribution in [0.5, 0.6) is 0 Å². The van der Waals surface area contributed by atoms with Crippen molar-refractivity contribution in [1.29, 1.82) is 0 Å². The monoisotopic (exact) mass is 323 g/mol. The summed E-state index contributed by atoms with van der Waals surface area (Å²) in [4.78, 5) is 0. The van der Waals surface area contributed by atoms with Crippen LogP contribution in [-0.2, 0) is 6.54 Å². The molecule has 94 valence electrons. The second-order valence-electron chi connectivity index (χ2n) is 4.62. The predicted molar refractivity (Wildman–Crippen MR) is 77.6 cm³/mol. The Morgan fingerprint density at radius 3 is 2.94 bits per heavy atom. The minimum atomic E-state index is 0.715. The van der Waals surface area contributed by atoms with E-state index < -0.39 is 0 Å². The fourth-order valence-corrected chi connectivity index (χ4v) is 2.77. The Labute approximate surface area is 119 Å². The number of hydrogen-bond donors (Lipinski definition) is 1. The van der Waals surface area contributed by atoms with Crippen molar-refractivity contribution in [1.82, 2.24) is 15.5 Å². The van der Waals surface area contributed by atoms with Crippen molar-refractivity contribution in [2.45, 2.75) is 32.4 Å². The van der Waals surface area contributed by atoms with Crippen LogP contribution in [0.15, 0.2) is 22.7 Å². The van der Waals surface area contributed by atoms with Gasteiger partial charge in [0, 0.05) is 22.6 Å². The zero-order chi connectivity index (χ0) is 12.5. The molecule has 1 aromatic heterocycles. The van der Waals surface area contributed by atoms with Crippen LogP contribution in [0, 0.1) is 6.92 Å². The molecule has 1 heterocycles. The summed E-state index contributed by atoms with van der Waals surface area (Å²) >= 11 is 5.18. The molecule has 5 heteroatoms. The number of benzene rings is 1. The number of aryl methyl sites for hydroxylation is 1. The molecule has 0 atom stereocenters. The lowest BCUT2D eigenvalue weighted by Crippen LogP contribution is -2.14. The molecule has 1 aliphatic rings. The van der Waals surface area contributed by atoms with Crippen LogP contribution in [0.4, 0.5) is 0 Å². The summed E-state index contributed by atoms with van der Waals surface area (Å²) in [5, 5.41) is 14.0. The highest BCUT2D eigenvalue weighted by Crippen LogP contribution is 2.28. The van der Waals surface area contributed by atoms with Crippen molar-refractivity contribution in [2.24, 2.45) is 0 Å². The molecular formula is C13H14BrN3S. The van der Waals surface area contributed by atoms with E-state index in [9.17, 15) is 0 Å². The molecule has 0 saturated heterocycles. The molecule has 3 nitrogen and oxygen atoms in total. The van der Waals surface area contributed by atoms with E-state index in [0.717, 1.165) is 26.6 Å². The van der Waals surface area contributed by atoms with Gasteiger partial charge in [0.05, 0.1) is 0 Å². The highest BCUT2D eigenvalue weighted by molar-refractivity contribution is 9.10. The summed E-state index contributed by atoms with van der Waals surface area (Å²) in [6.07, 6.45) is 2.61. The van der Waals surface area contributed by atoms with Crippen LogP contribution < -0.4 is 5.32 Å². The van der Waals surface area contributed by atoms with Gasteiger partial charge < -0.3 is 5.32 Å². The van der Waals surface area contributed by atoms with E-state index in [1.54, 1.807) is 11.3 Å². The first-order valence-corrected chi connectivity index (χ1v) is 7.65. The number of nitrogens with one attached hydrogen (secondary N) is 1. The van der Waals surface area contributed by atoms with Crippen LogP contribution in [0.3, 0.4) is 0 Å². The average molecular weight is 324 g/mol. The summed E-state index contributed by atoms with van der Waals surface area (Å²) in [6, 6.07) is 7.00. The highest BCUT2D eigenvalue weighted by Gasteiger charge is 2.20. The van der Waals surface area contributed by atoms with Gasteiger partial charge in [0.1, 0.15) is 10.0 Å². The third-order valence-electron chi connectivity index (χ3n) is 2.99. The fraction of sp³-hybridized carbons (Fsp3) is 0.385. The summed E-state index contributed by atoms with van der Waals surface area (Å²) < 4.78 is 1.13. The first-order valence-electron chi connectivity index (χ1n) is 6.04. The number of aromatic nitrogens is 2. The predicted octanol–water partition coefficient (Wildman–Crippen LogP) is 3.53. The van der Waals surface area contributed by atoms with Crippen molar-refractivity contribution in [3.05, 3.63) is 33.2 Å². The van der Waals surface area contributed by atoms with Crippen LogP contribution >= 0.6 is 27.3 Å². The second-order valence-corrected chi connectivity index (χ2v) is 6.54. The molecule has 2 aromatic rings. The van der Waals surface area contributed by atoms with E-state index in [1.807, 2.05) is 0 Å². The minimum Gasteiger partial charge on any atom is -0.308 e. The lowest BCUT2D eigenvalue weighted by atomic mass is 10.1. The Morgan fingerprint density at radius 2 is 2.22 bits per heavy atom. The Morgan fingerprint density at radius 1 is 1.39 bits per heavy atom. The maximum atomic E-state index is 4.27. The molecule has 0 aliphatic heterocycles. The smallest absolute Gasteiger partial charge is 0.147 e. The first kappa shape index (κ1) is 12.3. The van der Waals surface area contributed by atoms with Crippen molar-refractivity contribution < 1.29 is 0 Å². The Hall–Kier alpha value is -0.780. The molecule has 0 radical (unpaired) electrons. The van der Waals surface area contributed by atoms with Gasteiger partial charge in [-0.25, -0.2) is 0 Å². The molecule has 1 aliphatic carbocycles. The topological polar surface area (TPSA) is 37.8 Å². The van der Waals surface area contributed by atoms with Gasteiger partial charge in [-0.05, 0) is 37.5 Å². The summed E-state index contributed by atoms with van der Waals surface area (Å²) in [5.74, 6) is 0. The Balaban J connectivity index is 1.76. The van der Waals surface area contributed by atoms with Crippen LogP contribution in [0.1, 0.15) is 23.4 Å². The molecule has 1 aromatic carbocycles. The van der Waals surface area contributed by atoms with Gasteiger partial charge in [-0.3, -0.25) is 0 Å². The first-order chi connectivity index (χ1) is 8.72. The normalized spacial score (nSPS) is 15.0. The maximum Gasteiger partial charge on any atom is 0.147 e. The molecular weight excluding hydrogens is 310 g/mol. The molecule has 1 saturated carbocycles. The van der Waals surface area contributed by atoms with Gasteiger partial charge >= 0.3 is 0 Å². The number of halogens is 1. The van der Waals surface area contributed by atoms with Crippen LogP contribution in [-0.4, -0.2) is 16.2 Å². The van der Waals surface area contributed by atoms with Crippen molar-refractivity contribution in [3.8, 4) is 10.6 Å². The largest absolute Gasteiger partial charge is 0.308 e. The minimum absolute atomic E-state index is 0.715. The van der Waals surface area contributed by atoms with Crippen LogP contribution in [0.25, 0.3) is 10.6 Å².